The smallest absolute Gasteiger partial charge is 0.260 e. The van der Waals surface area contributed by atoms with Gasteiger partial charge in [-0.1, -0.05) is 36.4 Å². The molecule has 3 rings (SSSR count). The predicted molar refractivity (Wildman–Crippen MR) is 81.7 cm³/mol. The van der Waals surface area contributed by atoms with E-state index >= 15 is 4.39 Å². The normalized spacial score (nSPS) is 13.7. The maximum Gasteiger partial charge on any atom is 0.260 e. The molecule has 0 spiro atoms. The van der Waals surface area contributed by atoms with Gasteiger partial charge in [-0.3, -0.25) is 4.79 Å². The van der Waals surface area contributed by atoms with Crippen LogP contribution in [0.5, 0.6) is 0 Å². The van der Waals surface area contributed by atoms with Crippen molar-refractivity contribution in [2.45, 2.75) is 12.1 Å². The first-order valence-electron chi connectivity index (χ1n) is 6.82. The lowest BCUT2D eigenvalue weighted by molar-refractivity contribution is -0.130. The highest BCUT2D eigenvalue weighted by Crippen LogP contribution is 2.31. The molecule has 22 heavy (non-hydrogen) atoms. The highest BCUT2D eigenvalue weighted by molar-refractivity contribution is 5.87. The molecular weight excluding hydrogens is 281 g/mol. The van der Waals surface area contributed by atoms with Crippen molar-refractivity contribution in [3.05, 3.63) is 72.2 Å². The zero-order chi connectivity index (χ0) is 15.6. The third-order valence-electron chi connectivity index (χ3n) is 3.64. The van der Waals surface area contributed by atoms with E-state index < -0.39 is 11.6 Å². The molecule has 0 bridgehead atoms. The van der Waals surface area contributed by atoms with Crippen LogP contribution in [-0.4, -0.2) is 15.9 Å². The monoisotopic (exact) mass is 295 g/mol. The van der Waals surface area contributed by atoms with Crippen LogP contribution < -0.4 is 5.73 Å². The quantitative estimate of drug-likeness (QED) is 0.804. The number of rotatable bonds is 4. The number of nitrogens with two attached hydrogens (primary N) is 1. The second-order valence-corrected chi connectivity index (χ2v) is 5.12. The number of aromatic nitrogens is 2. The summed E-state index contributed by atoms with van der Waals surface area (Å²) in [6, 6.07) is 13.7. The SMILES string of the molecule is NC(=O)C(F)(Cc1ccccc1)c1ccc2ncncc2c1. The molecule has 0 saturated carbocycles. The van der Waals surface area contributed by atoms with Crippen molar-refractivity contribution < 1.29 is 9.18 Å². The molecule has 0 fully saturated rings. The van der Waals surface area contributed by atoms with Crippen molar-refractivity contribution in [3.63, 3.8) is 0 Å². The number of benzene rings is 2. The van der Waals surface area contributed by atoms with Gasteiger partial charge in [-0.2, -0.15) is 0 Å². The van der Waals surface area contributed by atoms with Gasteiger partial charge in [0.25, 0.3) is 5.91 Å². The summed E-state index contributed by atoms with van der Waals surface area (Å²) in [6.07, 6.45) is 2.89. The fourth-order valence-corrected chi connectivity index (χ4v) is 2.44. The van der Waals surface area contributed by atoms with Crippen molar-refractivity contribution >= 4 is 16.8 Å². The number of halogens is 1. The summed E-state index contributed by atoms with van der Waals surface area (Å²) in [5.41, 5.74) is 4.68. The van der Waals surface area contributed by atoms with E-state index in [1.807, 2.05) is 6.07 Å². The van der Waals surface area contributed by atoms with Crippen LogP contribution in [0.25, 0.3) is 10.9 Å². The van der Waals surface area contributed by atoms with Crippen molar-refractivity contribution in [2.24, 2.45) is 5.73 Å². The number of nitrogens with zero attached hydrogens (tertiary/aromatic N) is 2. The second-order valence-electron chi connectivity index (χ2n) is 5.12. The molecule has 3 aromatic rings. The number of hydrogen-bond acceptors (Lipinski definition) is 3. The molecule has 0 aliphatic rings. The zero-order valence-electron chi connectivity index (χ0n) is 11.7. The van der Waals surface area contributed by atoms with Gasteiger partial charge in [-0.15, -0.1) is 0 Å². The first kappa shape index (κ1) is 14.1. The van der Waals surface area contributed by atoms with Gasteiger partial charge in [-0.25, -0.2) is 14.4 Å². The molecule has 0 saturated heterocycles. The molecule has 0 radical (unpaired) electrons. The molecule has 0 aliphatic carbocycles. The third kappa shape index (κ3) is 2.53. The summed E-state index contributed by atoms with van der Waals surface area (Å²) in [7, 11) is 0. The molecule has 0 aliphatic heterocycles. The van der Waals surface area contributed by atoms with Crippen LogP contribution >= 0.6 is 0 Å². The van der Waals surface area contributed by atoms with Gasteiger partial charge >= 0.3 is 0 Å². The van der Waals surface area contributed by atoms with Gasteiger partial charge in [0.05, 0.1) is 5.52 Å². The lowest BCUT2D eigenvalue weighted by atomic mass is 9.87. The molecule has 4 nitrogen and oxygen atoms in total. The molecule has 110 valence electrons. The number of amides is 1. The van der Waals surface area contributed by atoms with Gasteiger partial charge in [-0.05, 0) is 23.3 Å². The van der Waals surface area contributed by atoms with Gasteiger partial charge < -0.3 is 5.73 Å². The number of carbonyl (C=O) groups is 1. The van der Waals surface area contributed by atoms with Gasteiger partial charge in [0.1, 0.15) is 6.33 Å². The summed E-state index contributed by atoms with van der Waals surface area (Å²) in [4.78, 5) is 19.8. The minimum atomic E-state index is -2.27. The van der Waals surface area contributed by atoms with Crippen LogP contribution in [0.3, 0.4) is 0 Å². The van der Waals surface area contributed by atoms with Crippen LogP contribution in [0.4, 0.5) is 4.39 Å². The van der Waals surface area contributed by atoms with Crippen LogP contribution in [0.1, 0.15) is 11.1 Å². The van der Waals surface area contributed by atoms with Crippen molar-refractivity contribution in [1.29, 1.82) is 0 Å². The average Bonchev–Trinajstić information content (AvgIpc) is 2.55. The van der Waals surface area contributed by atoms with E-state index in [-0.39, 0.29) is 12.0 Å². The summed E-state index contributed by atoms with van der Waals surface area (Å²) >= 11 is 0. The van der Waals surface area contributed by atoms with Gasteiger partial charge in [0, 0.05) is 18.0 Å². The topological polar surface area (TPSA) is 68.9 Å². The largest absolute Gasteiger partial charge is 0.367 e. The van der Waals surface area contributed by atoms with E-state index in [2.05, 4.69) is 9.97 Å². The molecule has 1 aromatic heterocycles. The Bertz CT molecular complexity index is 822. The maximum absolute atomic E-state index is 15.3. The Kier molecular flexibility index (Phi) is 3.55. The Labute approximate surface area is 126 Å². The minimum Gasteiger partial charge on any atom is -0.367 e. The molecule has 1 unspecified atom stereocenters. The summed E-state index contributed by atoms with van der Waals surface area (Å²) in [5, 5.41) is 0.663. The minimum absolute atomic E-state index is 0.109. The maximum atomic E-state index is 15.3. The van der Waals surface area contributed by atoms with Crippen molar-refractivity contribution in [2.75, 3.05) is 0 Å². The fraction of sp³-hybridized carbons (Fsp3) is 0.118. The lowest BCUT2D eigenvalue weighted by Crippen LogP contribution is -2.39. The molecule has 1 amide bonds. The number of alkyl halides is 1. The Balaban J connectivity index is 2.07. The number of primary amides is 1. The Morgan fingerprint density at radius 3 is 2.68 bits per heavy atom. The first-order valence-corrected chi connectivity index (χ1v) is 6.82. The molecule has 2 N–H and O–H groups in total. The van der Waals surface area contributed by atoms with E-state index in [0.717, 1.165) is 0 Å². The van der Waals surface area contributed by atoms with E-state index in [9.17, 15) is 4.79 Å². The van der Waals surface area contributed by atoms with E-state index in [0.29, 0.717) is 16.5 Å². The van der Waals surface area contributed by atoms with Crippen LogP contribution in [0, 0.1) is 0 Å². The lowest BCUT2D eigenvalue weighted by Gasteiger charge is -2.22. The Hall–Kier alpha value is -2.82. The van der Waals surface area contributed by atoms with E-state index in [1.165, 1.54) is 6.33 Å². The zero-order valence-corrected chi connectivity index (χ0v) is 11.7. The summed E-state index contributed by atoms with van der Waals surface area (Å²) in [6.45, 7) is 0. The number of carbonyl (C=O) groups excluding carboxylic acids is 1. The van der Waals surface area contributed by atoms with Crippen molar-refractivity contribution in [3.8, 4) is 0 Å². The summed E-state index contributed by atoms with van der Waals surface area (Å²) < 4.78 is 15.3. The summed E-state index contributed by atoms with van der Waals surface area (Å²) in [5.74, 6) is -1.01. The van der Waals surface area contributed by atoms with E-state index in [4.69, 9.17) is 5.73 Å². The standard InChI is InChI=1S/C17H14FN3O/c18-17(16(19)22,9-12-4-2-1-3-5-12)14-6-7-15-13(8-14)10-20-11-21-15/h1-8,10-11H,9H2,(H2,19,22). The Morgan fingerprint density at radius 2 is 1.95 bits per heavy atom. The fourth-order valence-electron chi connectivity index (χ4n) is 2.44. The number of hydrogen-bond donors (Lipinski definition) is 1. The third-order valence-corrected chi connectivity index (χ3v) is 3.64. The first-order chi connectivity index (χ1) is 10.6. The number of fused-ring (bicyclic) bond motifs is 1. The Morgan fingerprint density at radius 1 is 1.18 bits per heavy atom. The van der Waals surface area contributed by atoms with Crippen molar-refractivity contribution in [1.82, 2.24) is 9.97 Å². The van der Waals surface area contributed by atoms with Crippen LogP contribution in [-0.2, 0) is 16.9 Å². The predicted octanol–water partition coefficient (Wildman–Crippen LogP) is 2.52. The molecule has 2 aromatic carbocycles. The molecular formula is C17H14FN3O. The van der Waals surface area contributed by atoms with Crippen LogP contribution in [0.2, 0.25) is 0 Å². The van der Waals surface area contributed by atoms with E-state index in [1.54, 1.807) is 48.7 Å². The second kappa shape index (κ2) is 5.52. The van der Waals surface area contributed by atoms with Crippen LogP contribution in [0.15, 0.2) is 61.1 Å². The molecule has 5 heteroatoms. The average molecular weight is 295 g/mol. The van der Waals surface area contributed by atoms with Gasteiger partial charge in [0.2, 0.25) is 5.67 Å². The highest BCUT2D eigenvalue weighted by atomic mass is 19.1. The molecule has 1 atom stereocenters. The highest BCUT2D eigenvalue weighted by Gasteiger charge is 2.39. The molecule has 1 heterocycles. The van der Waals surface area contributed by atoms with Gasteiger partial charge in [0.15, 0.2) is 0 Å².